The average molecular weight is 769 g/mol. The van der Waals surface area contributed by atoms with Gasteiger partial charge >= 0.3 is 0 Å². The fraction of sp³-hybridized carbons (Fsp3) is 0. The van der Waals surface area contributed by atoms with E-state index in [1.54, 1.807) is 0 Å². The van der Waals surface area contributed by atoms with E-state index < -0.39 is 0 Å². The van der Waals surface area contributed by atoms with Gasteiger partial charge in [-0.2, -0.15) is 0 Å². The smallest absolute Gasteiger partial charge is 0.213 e. The molecule has 0 fully saturated rings. The van der Waals surface area contributed by atoms with Crippen molar-refractivity contribution in [3.63, 3.8) is 0 Å². The van der Waals surface area contributed by atoms with Crippen LogP contribution >= 0.6 is 0 Å². The lowest BCUT2D eigenvalue weighted by Gasteiger charge is -2.26. The van der Waals surface area contributed by atoms with E-state index in [2.05, 4.69) is 216 Å². The molecule has 0 aliphatic heterocycles. The number of furan rings is 2. The van der Waals surface area contributed by atoms with E-state index in [0.29, 0.717) is 0 Å². The van der Waals surface area contributed by atoms with Crippen molar-refractivity contribution in [3.8, 4) is 39.1 Å². The van der Waals surface area contributed by atoms with Gasteiger partial charge in [0.05, 0.1) is 16.6 Å². The Labute approximate surface area is 346 Å². The van der Waals surface area contributed by atoms with Crippen molar-refractivity contribution in [3.05, 3.63) is 218 Å². The second-order valence-corrected chi connectivity index (χ2v) is 15.3. The number of hydrogen-bond acceptors (Lipinski definition) is 3. The highest BCUT2D eigenvalue weighted by molar-refractivity contribution is 6.20. The summed E-state index contributed by atoms with van der Waals surface area (Å²) in [5, 5.41) is 5.58. The van der Waals surface area contributed by atoms with Crippen LogP contribution in [-0.2, 0) is 0 Å². The van der Waals surface area contributed by atoms with Crippen molar-refractivity contribution in [1.29, 1.82) is 0 Å². The van der Waals surface area contributed by atoms with Gasteiger partial charge in [0.15, 0.2) is 5.58 Å². The van der Waals surface area contributed by atoms with Crippen LogP contribution in [0.3, 0.4) is 0 Å². The van der Waals surface area contributed by atoms with E-state index in [0.717, 1.165) is 94.5 Å². The number of fused-ring (bicyclic) bond motifs is 8. The standard InChI is InChI=1S/C56H36N2O2/c1-4-14-37(15-5-1)38-26-31-43(32-27-38)57(51-25-13-23-47-46-22-12-21-45(54(46)60-55(47)51)40-16-6-2-7-17-40)44-33-28-39(29-34-44)41-30-35-52-49(36-41)53-48-20-10-11-24-50(48)58(56(53)59-52)42-18-8-3-9-19-42/h1-36H. The Kier molecular flexibility index (Phi) is 7.82. The van der Waals surface area contributed by atoms with Gasteiger partial charge in [0, 0.05) is 44.2 Å². The lowest BCUT2D eigenvalue weighted by atomic mass is 10.0. The fourth-order valence-electron chi connectivity index (χ4n) is 9.00. The van der Waals surface area contributed by atoms with Gasteiger partial charge in [-0.1, -0.05) is 158 Å². The maximum Gasteiger partial charge on any atom is 0.213 e. The second-order valence-electron chi connectivity index (χ2n) is 15.3. The Hall–Kier alpha value is -8.08. The molecule has 0 aliphatic carbocycles. The number of anilines is 3. The molecular formula is C56H36N2O2. The first-order valence-electron chi connectivity index (χ1n) is 20.3. The molecule has 0 spiro atoms. The lowest BCUT2D eigenvalue weighted by Crippen LogP contribution is -2.10. The predicted molar refractivity (Wildman–Crippen MR) is 249 cm³/mol. The zero-order valence-corrected chi connectivity index (χ0v) is 32.5. The van der Waals surface area contributed by atoms with Gasteiger partial charge in [0.25, 0.3) is 0 Å². The maximum absolute atomic E-state index is 6.96. The number of hydrogen-bond donors (Lipinski definition) is 0. The van der Waals surface area contributed by atoms with Crippen LogP contribution in [0.2, 0.25) is 0 Å². The molecule has 4 nitrogen and oxygen atoms in total. The van der Waals surface area contributed by atoms with Crippen LogP contribution in [0, 0.1) is 0 Å². The minimum Gasteiger partial charge on any atom is -0.453 e. The number of aromatic nitrogens is 1. The molecule has 3 heterocycles. The summed E-state index contributed by atoms with van der Waals surface area (Å²) in [5.41, 5.74) is 15.5. The summed E-state index contributed by atoms with van der Waals surface area (Å²) in [5.74, 6) is 0. The number of rotatable bonds is 7. The van der Waals surface area contributed by atoms with Crippen molar-refractivity contribution in [2.75, 3.05) is 4.90 Å². The summed E-state index contributed by atoms with van der Waals surface area (Å²) in [6.45, 7) is 0. The van der Waals surface area contributed by atoms with Crippen LogP contribution in [0.5, 0.6) is 0 Å². The molecule has 0 bridgehead atoms. The van der Waals surface area contributed by atoms with E-state index in [4.69, 9.17) is 8.83 Å². The molecule has 3 aromatic heterocycles. The van der Waals surface area contributed by atoms with Crippen LogP contribution < -0.4 is 4.90 Å². The summed E-state index contributed by atoms with van der Waals surface area (Å²) in [7, 11) is 0. The van der Waals surface area contributed by atoms with Gasteiger partial charge < -0.3 is 13.7 Å². The minimum atomic E-state index is 0.844. The van der Waals surface area contributed by atoms with Crippen LogP contribution in [-0.4, -0.2) is 4.57 Å². The quantitative estimate of drug-likeness (QED) is 0.162. The zero-order valence-electron chi connectivity index (χ0n) is 32.5. The third-order valence-electron chi connectivity index (χ3n) is 11.8. The normalized spacial score (nSPS) is 11.7. The van der Waals surface area contributed by atoms with E-state index in [9.17, 15) is 0 Å². The van der Waals surface area contributed by atoms with Crippen molar-refractivity contribution in [1.82, 2.24) is 4.57 Å². The molecule has 4 heteroatoms. The molecule has 0 amide bonds. The average Bonchev–Trinajstić information content (AvgIpc) is 3.99. The SMILES string of the molecule is c1ccc(-c2ccc(N(c3ccc(-c4ccc5oc6c(c5c4)c4ccccc4n6-c4ccccc4)cc3)c3cccc4c3oc3c(-c5ccccc5)cccc34)cc2)cc1. The molecule has 60 heavy (non-hydrogen) atoms. The monoisotopic (exact) mass is 768 g/mol. The van der Waals surface area contributed by atoms with Gasteiger partial charge in [-0.05, 0) is 88.5 Å². The van der Waals surface area contributed by atoms with Gasteiger partial charge in [-0.3, -0.25) is 4.57 Å². The molecule has 0 saturated heterocycles. The Morgan fingerprint density at radius 1 is 0.367 bits per heavy atom. The van der Waals surface area contributed by atoms with Crippen LogP contribution in [0.1, 0.15) is 0 Å². The highest BCUT2D eigenvalue weighted by atomic mass is 16.3. The number of benzene rings is 9. The van der Waals surface area contributed by atoms with E-state index in [-0.39, 0.29) is 0 Å². The van der Waals surface area contributed by atoms with Crippen LogP contribution in [0.15, 0.2) is 227 Å². The maximum atomic E-state index is 6.96. The Bertz CT molecular complexity index is 3510. The molecular weight excluding hydrogens is 733 g/mol. The third-order valence-corrected chi connectivity index (χ3v) is 11.8. The summed E-state index contributed by atoms with van der Waals surface area (Å²) in [6.07, 6.45) is 0. The number of para-hydroxylation sites is 4. The van der Waals surface area contributed by atoms with Crippen molar-refractivity contribution in [2.24, 2.45) is 0 Å². The molecule has 0 radical (unpaired) electrons. The van der Waals surface area contributed by atoms with Crippen molar-refractivity contribution < 1.29 is 8.83 Å². The first-order chi connectivity index (χ1) is 29.8. The molecule has 0 N–H and O–H groups in total. The summed E-state index contributed by atoms with van der Waals surface area (Å²) in [4.78, 5) is 2.31. The fourth-order valence-corrected chi connectivity index (χ4v) is 9.00. The van der Waals surface area contributed by atoms with Gasteiger partial charge in [-0.15, -0.1) is 0 Å². The Morgan fingerprint density at radius 2 is 0.917 bits per heavy atom. The molecule has 0 atom stereocenters. The molecule has 12 rings (SSSR count). The molecule has 0 saturated carbocycles. The van der Waals surface area contributed by atoms with Crippen molar-refractivity contribution in [2.45, 2.75) is 0 Å². The summed E-state index contributed by atoms with van der Waals surface area (Å²) >= 11 is 0. The number of nitrogens with zero attached hydrogens (tertiary/aromatic N) is 2. The van der Waals surface area contributed by atoms with Crippen molar-refractivity contribution >= 4 is 72.0 Å². The molecule has 12 aromatic rings. The van der Waals surface area contributed by atoms with E-state index in [1.807, 2.05) is 12.1 Å². The first kappa shape index (κ1) is 34.0. The van der Waals surface area contributed by atoms with E-state index >= 15 is 0 Å². The molecule has 0 unspecified atom stereocenters. The largest absolute Gasteiger partial charge is 0.453 e. The Morgan fingerprint density at radius 3 is 1.63 bits per heavy atom. The van der Waals surface area contributed by atoms with Gasteiger partial charge in [0.1, 0.15) is 11.2 Å². The minimum absolute atomic E-state index is 0.844. The highest BCUT2D eigenvalue weighted by Gasteiger charge is 2.22. The Balaban J connectivity index is 0.994. The second kappa shape index (κ2) is 13.8. The molecule has 282 valence electrons. The topological polar surface area (TPSA) is 34.5 Å². The summed E-state index contributed by atoms with van der Waals surface area (Å²) in [6, 6.07) is 77.1. The molecule has 0 aliphatic rings. The van der Waals surface area contributed by atoms with Gasteiger partial charge in [0.2, 0.25) is 5.71 Å². The van der Waals surface area contributed by atoms with Crippen LogP contribution in [0.4, 0.5) is 17.1 Å². The molecule has 9 aromatic carbocycles. The van der Waals surface area contributed by atoms with Gasteiger partial charge in [-0.25, -0.2) is 0 Å². The van der Waals surface area contributed by atoms with Crippen LogP contribution in [0.25, 0.3) is 94.0 Å². The lowest BCUT2D eigenvalue weighted by molar-refractivity contribution is 0.645. The first-order valence-corrected chi connectivity index (χ1v) is 20.3. The predicted octanol–water partition coefficient (Wildman–Crippen LogP) is 15.9. The third kappa shape index (κ3) is 5.46. The van der Waals surface area contributed by atoms with E-state index in [1.165, 1.54) is 16.5 Å². The summed E-state index contributed by atoms with van der Waals surface area (Å²) < 4.78 is 15.8. The highest BCUT2D eigenvalue weighted by Crippen LogP contribution is 2.45. The zero-order chi connectivity index (χ0) is 39.6.